The Morgan fingerprint density at radius 2 is 2.00 bits per heavy atom. The second-order valence-electron chi connectivity index (χ2n) is 5.55. The summed E-state index contributed by atoms with van der Waals surface area (Å²) < 4.78 is 9.41. The first kappa shape index (κ1) is 14.5. The molecule has 0 unspecified atom stereocenters. The molecule has 1 aromatic carbocycles. The van der Waals surface area contributed by atoms with Gasteiger partial charge in [0.1, 0.15) is 6.61 Å². The van der Waals surface area contributed by atoms with E-state index in [1.165, 1.54) is 36.4 Å². The van der Waals surface area contributed by atoms with Crippen molar-refractivity contribution in [3.63, 3.8) is 0 Å². The molecule has 1 aliphatic rings. The van der Waals surface area contributed by atoms with Crippen LogP contribution in [0.3, 0.4) is 0 Å². The molecule has 1 fully saturated rings. The number of ether oxygens (including phenoxy) is 1. The molecule has 1 saturated heterocycles. The number of rotatable bonds is 5. The van der Waals surface area contributed by atoms with Crippen molar-refractivity contribution in [2.24, 2.45) is 5.92 Å². The number of nitrogens with zero attached hydrogens (tertiary/aromatic N) is 3. The third-order valence-corrected chi connectivity index (χ3v) is 4.80. The fourth-order valence-electron chi connectivity index (χ4n) is 2.84. The lowest BCUT2D eigenvalue weighted by atomic mass is 9.90. The molecule has 0 radical (unpaired) electrons. The number of hydrogen-bond donors (Lipinski definition) is 0. The second kappa shape index (κ2) is 7.00. The zero-order valence-corrected chi connectivity index (χ0v) is 13.2. The Hall–Kier alpha value is -1.46. The maximum Gasteiger partial charge on any atom is 0.205 e. The van der Waals surface area contributed by atoms with E-state index in [2.05, 4.69) is 44.6 Å². The molecule has 0 saturated carbocycles. The lowest BCUT2D eigenvalue weighted by Gasteiger charge is -2.31. The first-order valence-corrected chi connectivity index (χ1v) is 8.23. The van der Waals surface area contributed by atoms with Gasteiger partial charge in [0.25, 0.3) is 0 Å². The number of aromatic nitrogens is 2. The van der Waals surface area contributed by atoms with Crippen LogP contribution in [0.2, 0.25) is 0 Å². The van der Waals surface area contributed by atoms with Crippen molar-refractivity contribution in [1.82, 2.24) is 9.36 Å². The van der Waals surface area contributed by atoms with Crippen LogP contribution in [-0.2, 0) is 17.8 Å². The second-order valence-corrected chi connectivity index (χ2v) is 6.28. The Morgan fingerprint density at radius 3 is 2.71 bits per heavy atom. The first-order chi connectivity index (χ1) is 10.3. The average molecular weight is 303 g/mol. The van der Waals surface area contributed by atoms with Crippen molar-refractivity contribution >= 4 is 16.7 Å². The Labute approximate surface area is 129 Å². The molecule has 2 aromatic rings. The molecule has 0 bridgehead atoms. The van der Waals surface area contributed by atoms with E-state index in [9.17, 15) is 0 Å². The summed E-state index contributed by atoms with van der Waals surface area (Å²) in [4.78, 5) is 6.90. The predicted octanol–water partition coefficient (Wildman–Crippen LogP) is 3.14. The fraction of sp³-hybridized carbons (Fsp3) is 0.500. The highest BCUT2D eigenvalue weighted by molar-refractivity contribution is 7.09. The summed E-state index contributed by atoms with van der Waals surface area (Å²) in [6, 6.07) is 10.8. The van der Waals surface area contributed by atoms with Crippen molar-refractivity contribution in [2.75, 3.05) is 25.1 Å². The van der Waals surface area contributed by atoms with E-state index in [4.69, 9.17) is 4.74 Å². The molecule has 0 amide bonds. The standard InChI is InChI=1S/C16H21N3OS/c1-20-12-15-17-16(21-18-15)19-9-7-14(8-10-19)11-13-5-3-2-4-6-13/h2-6,14H,7-12H2,1H3. The SMILES string of the molecule is COCc1nsc(N2CCC(Cc3ccccc3)CC2)n1. The summed E-state index contributed by atoms with van der Waals surface area (Å²) in [6.45, 7) is 2.67. The van der Waals surface area contributed by atoms with E-state index >= 15 is 0 Å². The van der Waals surface area contributed by atoms with E-state index in [-0.39, 0.29) is 0 Å². The van der Waals surface area contributed by atoms with Crippen molar-refractivity contribution in [2.45, 2.75) is 25.9 Å². The minimum atomic E-state index is 0.501. The summed E-state index contributed by atoms with van der Waals surface area (Å²) >= 11 is 1.49. The Balaban J connectivity index is 1.52. The van der Waals surface area contributed by atoms with Crippen LogP contribution in [0.15, 0.2) is 30.3 Å². The molecule has 4 nitrogen and oxygen atoms in total. The number of piperidine rings is 1. The van der Waals surface area contributed by atoms with E-state index in [1.807, 2.05) is 0 Å². The van der Waals surface area contributed by atoms with Gasteiger partial charge in [0, 0.05) is 31.7 Å². The largest absolute Gasteiger partial charge is 0.377 e. The third kappa shape index (κ3) is 3.80. The van der Waals surface area contributed by atoms with Gasteiger partial charge < -0.3 is 9.64 Å². The van der Waals surface area contributed by atoms with Gasteiger partial charge in [-0.2, -0.15) is 4.37 Å². The van der Waals surface area contributed by atoms with E-state index < -0.39 is 0 Å². The summed E-state index contributed by atoms with van der Waals surface area (Å²) in [7, 11) is 1.68. The molecule has 0 aliphatic carbocycles. The van der Waals surface area contributed by atoms with Gasteiger partial charge in [-0.05, 0) is 30.7 Å². The van der Waals surface area contributed by atoms with Crippen LogP contribution in [0.25, 0.3) is 0 Å². The van der Waals surface area contributed by atoms with E-state index in [0.29, 0.717) is 6.61 Å². The molecular weight excluding hydrogens is 282 g/mol. The zero-order valence-electron chi connectivity index (χ0n) is 12.4. The lowest BCUT2D eigenvalue weighted by Crippen LogP contribution is -2.34. The fourth-order valence-corrected chi connectivity index (χ4v) is 3.56. The van der Waals surface area contributed by atoms with Crippen LogP contribution < -0.4 is 4.90 Å². The molecule has 2 heterocycles. The van der Waals surface area contributed by atoms with Crippen molar-refractivity contribution in [3.05, 3.63) is 41.7 Å². The molecule has 3 rings (SSSR count). The average Bonchev–Trinajstić information content (AvgIpc) is 2.98. The number of hydrogen-bond acceptors (Lipinski definition) is 5. The number of methoxy groups -OCH3 is 1. The normalized spacial score (nSPS) is 16.3. The van der Waals surface area contributed by atoms with Gasteiger partial charge in [0.15, 0.2) is 5.82 Å². The monoisotopic (exact) mass is 303 g/mol. The molecule has 21 heavy (non-hydrogen) atoms. The van der Waals surface area contributed by atoms with Gasteiger partial charge in [0.2, 0.25) is 5.13 Å². The van der Waals surface area contributed by atoms with Crippen LogP contribution in [0.5, 0.6) is 0 Å². The molecule has 5 heteroatoms. The summed E-state index contributed by atoms with van der Waals surface area (Å²) in [5.74, 6) is 1.58. The smallest absolute Gasteiger partial charge is 0.205 e. The molecule has 112 valence electrons. The maximum absolute atomic E-state index is 5.08. The minimum absolute atomic E-state index is 0.501. The van der Waals surface area contributed by atoms with Gasteiger partial charge >= 0.3 is 0 Å². The summed E-state index contributed by atoms with van der Waals surface area (Å²) in [5.41, 5.74) is 1.45. The first-order valence-electron chi connectivity index (χ1n) is 7.45. The number of anilines is 1. The molecule has 0 N–H and O–H groups in total. The van der Waals surface area contributed by atoms with Crippen LogP contribution >= 0.6 is 11.5 Å². The van der Waals surface area contributed by atoms with Crippen molar-refractivity contribution < 1.29 is 4.74 Å². The Morgan fingerprint density at radius 1 is 1.24 bits per heavy atom. The van der Waals surface area contributed by atoms with Crippen LogP contribution in [0.1, 0.15) is 24.2 Å². The van der Waals surface area contributed by atoms with Gasteiger partial charge in [-0.1, -0.05) is 30.3 Å². The topological polar surface area (TPSA) is 38.2 Å². The van der Waals surface area contributed by atoms with Crippen molar-refractivity contribution in [3.8, 4) is 0 Å². The van der Waals surface area contributed by atoms with Crippen LogP contribution in [-0.4, -0.2) is 29.6 Å². The maximum atomic E-state index is 5.08. The molecule has 0 atom stereocenters. The highest BCUT2D eigenvalue weighted by atomic mass is 32.1. The van der Waals surface area contributed by atoms with Crippen molar-refractivity contribution in [1.29, 1.82) is 0 Å². The van der Waals surface area contributed by atoms with E-state index in [1.54, 1.807) is 7.11 Å². The van der Waals surface area contributed by atoms with Gasteiger partial charge in [-0.25, -0.2) is 4.98 Å². The van der Waals surface area contributed by atoms with E-state index in [0.717, 1.165) is 30.0 Å². The van der Waals surface area contributed by atoms with Gasteiger partial charge in [-0.15, -0.1) is 0 Å². The number of benzene rings is 1. The lowest BCUT2D eigenvalue weighted by molar-refractivity contribution is 0.179. The van der Waals surface area contributed by atoms with Gasteiger partial charge in [-0.3, -0.25) is 0 Å². The van der Waals surface area contributed by atoms with Crippen LogP contribution in [0.4, 0.5) is 5.13 Å². The highest BCUT2D eigenvalue weighted by Crippen LogP contribution is 2.26. The summed E-state index contributed by atoms with van der Waals surface area (Å²) in [6.07, 6.45) is 3.65. The molecular formula is C16H21N3OS. The molecule has 1 aliphatic heterocycles. The van der Waals surface area contributed by atoms with Gasteiger partial charge in [0.05, 0.1) is 0 Å². The third-order valence-electron chi connectivity index (χ3n) is 3.98. The Kier molecular flexibility index (Phi) is 4.83. The summed E-state index contributed by atoms with van der Waals surface area (Å²) in [5, 5.41) is 1.04. The van der Waals surface area contributed by atoms with Crippen LogP contribution in [0, 0.1) is 5.92 Å². The molecule has 0 spiro atoms. The minimum Gasteiger partial charge on any atom is -0.377 e. The quantitative estimate of drug-likeness (QED) is 0.850. The highest BCUT2D eigenvalue weighted by Gasteiger charge is 2.21. The Bertz CT molecular complexity index is 550. The predicted molar refractivity (Wildman–Crippen MR) is 85.7 cm³/mol. The zero-order chi connectivity index (χ0) is 14.5. The molecule has 1 aromatic heterocycles.